The Morgan fingerprint density at radius 3 is 2.41 bits per heavy atom. The van der Waals surface area contributed by atoms with Crippen LogP contribution in [0.5, 0.6) is 0 Å². The molecule has 1 aliphatic heterocycles. The quantitative estimate of drug-likeness (QED) is 0.709. The van der Waals surface area contributed by atoms with Crippen LogP contribution in [0.4, 0.5) is 26.2 Å². The number of amides is 2. The van der Waals surface area contributed by atoms with E-state index < -0.39 is 11.8 Å². The number of carbonyl (C=O) groups is 1. The Hall–Kier alpha value is -3.33. The number of hydrogen-bond acceptors (Lipinski definition) is 4. The van der Waals surface area contributed by atoms with Gasteiger partial charge < -0.3 is 20.3 Å². The Balaban J connectivity index is 1.71. The van der Waals surface area contributed by atoms with Crippen molar-refractivity contribution in [1.29, 1.82) is 0 Å². The van der Waals surface area contributed by atoms with E-state index in [9.17, 15) is 14.0 Å². The molecular weight excluding hydrogens is 377 g/mol. The SMILES string of the molecule is Cn1c(=O)n(C)c2cc(N3CCOCC3)c(NC(=O)Nc3cccc(F)c3)cc21. The number of imidazole rings is 1. The summed E-state index contributed by atoms with van der Waals surface area (Å²) >= 11 is 0. The fraction of sp³-hybridized carbons (Fsp3) is 0.300. The fourth-order valence-electron chi connectivity index (χ4n) is 3.55. The summed E-state index contributed by atoms with van der Waals surface area (Å²) < 4.78 is 21.9. The molecule has 9 heteroatoms. The van der Waals surface area contributed by atoms with E-state index >= 15 is 0 Å². The molecule has 2 amide bonds. The number of anilines is 3. The molecule has 0 unspecified atom stereocenters. The molecule has 152 valence electrons. The zero-order valence-corrected chi connectivity index (χ0v) is 16.2. The minimum absolute atomic E-state index is 0.144. The number of aromatic nitrogens is 2. The van der Waals surface area contributed by atoms with E-state index in [0.29, 0.717) is 43.2 Å². The Labute approximate surface area is 166 Å². The first kappa shape index (κ1) is 19.0. The van der Waals surface area contributed by atoms with Crippen LogP contribution in [0, 0.1) is 5.82 Å². The van der Waals surface area contributed by atoms with Crippen LogP contribution in [0.25, 0.3) is 11.0 Å². The van der Waals surface area contributed by atoms with Gasteiger partial charge in [-0.05, 0) is 30.3 Å². The summed E-state index contributed by atoms with van der Waals surface area (Å²) in [6.07, 6.45) is 0. The maximum Gasteiger partial charge on any atom is 0.328 e. The second-order valence-electron chi connectivity index (χ2n) is 6.95. The Kier molecular flexibility index (Phi) is 4.98. The van der Waals surface area contributed by atoms with Crippen LogP contribution in [-0.4, -0.2) is 41.5 Å². The maximum absolute atomic E-state index is 13.4. The highest BCUT2D eigenvalue weighted by Crippen LogP contribution is 2.31. The highest BCUT2D eigenvalue weighted by atomic mass is 19.1. The number of ether oxygens (including phenoxy) is 1. The van der Waals surface area contributed by atoms with Crippen LogP contribution in [0.3, 0.4) is 0 Å². The normalized spacial score (nSPS) is 14.2. The average molecular weight is 399 g/mol. The van der Waals surface area contributed by atoms with Crippen molar-refractivity contribution in [3.05, 3.63) is 52.7 Å². The monoisotopic (exact) mass is 399 g/mol. The van der Waals surface area contributed by atoms with Gasteiger partial charge in [0.1, 0.15) is 5.82 Å². The fourth-order valence-corrected chi connectivity index (χ4v) is 3.55. The summed E-state index contributed by atoms with van der Waals surface area (Å²) in [5, 5.41) is 5.48. The molecule has 0 spiro atoms. The van der Waals surface area contributed by atoms with Crippen molar-refractivity contribution >= 4 is 34.1 Å². The summed E-state index contributed by atoms with van der Waals surface area (Å²) in [6, 6.07) is 8.87. The average Bonchev–Trinajstić information content (AvgIpc) is 2.92. The molecule has 1 saturated heterocycles. The van der Waals surface area contributed by atoms with E-state index in [1.807, 2.05) is 6.07 Å². The number of benzene rings is 2. The largest absolute Gasteiger partial charge is 0.378 e. The van der Waals surface area contributed by atoms with Crippen LogP contribution in [0.2, 0.25) is 0 Å². The summed E-state index contributed by atoms with van der Waals surface area (Å²) in [7, 11) is 3.41. The van der Waals surface area contributed by atoms with Crippen molar-refractivity contribution in [2.75, 3.05) is 41.8 Å². The number of halogens is 1. The van der Waals surface area contributed by atoms with Crippen molar-refractivity contribution < 1.29 is 13.9 Å². The molecule has 2 N–H and O–H groups in total. The molecule has 0 radical (unpaired) electrons. The lowest BCUT2D eigenvalue weighted by molar-refractivity contribution is 0.123. The molecule has 0 atom stereocenters. The minimum Gasteiger partial charge on any atom is -0.378 e. The van der Waals surface area contributed by atoms with E-state index in [-0.39, 0.29) is 5.69 Å². The van der Waals surface area contributed by atoms with Gasteiger partial charge in [0.25, 0.3) is 0 Å². The molecule has 1 aromatic heterocycles. The number of aryl methyl sites for hydroxylation is 2. The van der Waals surface area contributed by atoms with Gasteiger partial charge in [-0.3, -0.25) is 9.13 Å². The first-order valence-corrected chi connectivity index (χ1v) is 9.30. The Bertz CT molecular complexity index is 1130. The van der Waals surface area contributed by atoms with Crippen molar-refractivity contribution in [2.45, 2.75) is 0 Å². The molecule has 29 heavy (non-hydrogen) atoms. The van der Waals surface area contributed by atoms with Crippen LogP contribution in [-0.2, 0) is 18.8 Å². The van der Waals surface area contributed by atoms with E-state index in [4.69, 9.17) is 4.74 Å². The van der Waals surface area contributed by atoms with Crippen LogP contribution in [0.1, 0.15) is 0 Å². The molecule has 4 rings (SSSR count). The third-order valence-corrected chi connectivity index (χ3v) is 5.07. The Morgan fingerprint density at radius 2 is 1.72 bits per heavy atom. The predicted octanol–water partition coefficient (Wildman–Crippen LogP) is 2.50. The van der Waals surface area contributed by atoms with Gasteiger partial charge in [0, 0.05) is 32.9 Å². The van der Waals surface area contributed by atoms with Crippen molar-refractivity contribution in [3.63, 3.8) is 0 Å². The van der Waals surface area contributed by atoms with Crippen molar-refractivity contribution in [2.24, 2.45) is 14.1 Å². The number of urea groups is 1. The molecule has 0 saturated carbocycles. The molecule has 0 bridgehead atoms. The van der Waals surface area contributed by atoms with E-state index in [2.05, 4.69) is 15.5 Å². The molecular formula is C20H22FN5O3. The molecule has 1 aliphatic rings. The topological polar surface area (TPSA) is 80.5 Å². The highest BCUT2D eigenvalue weighted by Gasteiger charge is 2.20. The van der Waals surface area contributed by atoms with Gasteiger partial charge in [0.2, 0.25) is 0 Å². The van der Waals surface area contributed by atoms with Crippen LogP contribution in [0.15, 0.2) is 41.2 Å². The zero-order chi connectivity index (χ0) is 20.5. The number of rotatable bonds is 3. The van der Waals surface area contributed by atoms with Gasteiger partial charge >= 0.3 is 11.7 Å². The lowest BCUT2D eigenvalue weighted by Crippen LogP contribution is -2.37. The van der Waals surface area contributed by atoms with Gasteiger partial charge in [-0.15, -0.1) is 0 Å². The molecule has 2 heterocycles. The Morgan fingerprint density at radius 1 is 1.03 bits per heavy atom. The van der Waals surface area contributed by atoms with Gasteiger partial charge in [-0.25, -0.2) is 14.0 Å². The second kappa shape index (κ2) is 7.59. The molecule has 0 aliphatic carbocycles. The number of hydrogen-bond donors (Lipinski definition) is 2. The number of nitrogens with zero attached hydrogens (tertiary/aromatic N) is 3. The third-order valence-electron chi connectivity index (χ3n) is 5.07. The number of carbonyl (C=O) groups excluding carboxylic acids is 1. The predicted molar refractivity (Wildman–Crippen MR) is 110 cm³/mol. The van der Waals surface area contributed by atoms with Gasteiger partial charge in [-0.2, -0.15) is 0 Å². The first-order valence-electron chi connectivity index (χ1n) is 9.30. The van der Waals surface area contributed by atoms with Crippen molar-refractivity contribution in [1.82, 2.24) is 9.13 Å². The molecule has 2 aromatic carbocycles. The molecule has 1 fully saturated rings. The minimum atomic E-state index is -0.495. The molecule has 3 aromatic rings. The van der Waals surface area contributed by atoms with Gasteiger partial charge in [0.15, 0.2) is 0 Å². The zero-order valence-electron chi connectivity index (χ0n) is 16.2. The summed E-state index contributed by atoms with van der Waals surface area (Å²) in [6.45, 7) is 2.51. The maximum atomic E-state index is 13.4. The van der Waals surface area contributed by atoms with Gasteiger partial charge in [-0.1, -0.05) is 6.07 Å². The lowest BCUT2D eigenvalue weighted by atomic mass is 10.2. The smallest absolute Gasteiger partial charge is 0.328 e. The third kappa shape index (κ3) is 3.68. The highest BCUT2D eigenvalue weighted by molar-refractivity contribution is 6.04. The van der Waals surface area contributed by atoms with Gasteiger partial charge in [0.05, 0.1) is 35.6 Å². The number of fused-ring (bicyclic) bond motifs is 1. The van der Waals surface area contributed by atoms with Crippen LogP contribution >= 0.6 is 0 Å². The second-order valence-corrected chi connectivity index (χ2v) is 6.95. The summed E-state index contributed by atoms with van der Waals surface area (Å²) in [5.74, 6) is -0.433. The molecule has 8 nitrogen and oxygen atoms in total. The summed E-state index contributed by atoms with van der Waals surface area (Å²) in [4.78, 5) is 27.0. The van der Waals surface area contributed by atoms with E-state index in [1.54, 1.807) is 30.8 Å². The van der Waals surface area contributed by atoms with E-state index in [1.165, 1.54) is 22.8 Å². The number of morpholine rings is 1. The van der Waals surface area contributed by atoms with Crippen LogP contribution < -0.4 is 21.2 Å². The standard InChI is InChI=1S/C20H22FN5O3/c1-24-17-11-15(23-19(27)22-14-5-3-4-13(21)10-14)16(26-6-8-29-9-7-26)12-18(17)25(2)20(24)28/h3-5,10-12H,6-9H2,1-2H3,(H2,22,23,27). The lowest BCUT2D eigenvalue weighted by Gasteiger charge is -2.30. The van der Waals surface area contributed by atoms with E-state index in [0.717, 1.165) is 11.2 Å². The first-order chi connectivity index (χ1) is 13.9. The van der Waals surface area contributed by atoms with Crippen molar-refractivity contribution in [3.8, 4) is 0 Å². The number of nitrogens with one attached hydrogen (secondary N) is 2. The summed E-state index contributed by atoms with van der Waals surface area (Å²) in [5.41, 5.74) is 3.05.